The van der Waals surface area contributed by atoms with Crippen LogP contribution in [-0.2, 0) is 9.84 Å². The van der Waals surface area contributed by atoms with Crippen molar-refractivity contribution in [1.29, 1.82) is 0 Å². The summed E-state index contributed by atoms with van der Waals surface area (Å²) >= 11 is 0. The van der Waals surface area contributed by atoms with E-state index >= 15 is 0 Å². The average molecular weight is 272 g/mol. The lowest BCUT2D eigenvalue weighted by Crippen LogP contribution is -2.31. The molecule has 0 saturated carbocycles. The van der Waals surface area contributed by atoms with Gasteiger partial charge in [-0.1, -0.05) is 13.8 Å². The van der Waals surface area contributed by atoms with Crippen LogP contribution in [0.2, 0.25) is 0 Å². The average Bonchev–Trinajstić information content (AvgIpc) is 2.67. The van der Waals surface area contributed by atoms with Crippen LogP contribution in [-0.4, -0.2) is 38.0 Å². The highest BCUT2D eigenvalue weighted by Gasteiger charge is 2.33. The molecular weight excluding hydrogens is 252 g/mol. The van der Waals surface area contributed by atoms with Crippen LogP contribution in [0.1, 0.15) is 26.3 Å². The molecule has 1 aliphatic heterocycles. The number of anilines is 2. The molecule has 0 aromatic carbocycles. The summed E-state index contributed by atoms with van der Waals surface area (Å²) < 4.78 is 25.6. The number of nitrogens with zero attached hydrogens (tertiary/aromatic N) is 2. The van der Waals surface area contributed by atoms with Crippen molar-refractivity contribution in [2.45, 2.75) is 31.2 Å². The van der Waals surface area contributed by atoms with Gasteiger partial charge in [0.1, 0.15) is 5.82 Å². The summed E-state index contributed by atoms with van der Waals surface area (Å²) in [6, 6.07) is 0.240. The normalized spacial score (nSPS) is 23.3. The maximum atomic E-state index is 11.9. The van der Waals surface area contributed by atoms with Crippen LogP contribution in [0.25, 0.3) is 0 Å². The molecule has 0 amide bonds. The van der Waals surface area contributed by atoms with Gasteiger partial charge >= 0.3 is 0 Å². The molecule has 2 heterocycles. The first-order valence-electron chi connectivity index (χ1n) is 6.14. The number of hydrogen-bond acceptors (Lipinski definition) is 5. The molecule has 0 aliphatic carbocycles. The standard InChI is InChI=1S/C11H20N4O2S/c1-5-8-7(2)6-13-11-9(18(4,16)17)10(12-3)14-15(8)11/h7-8,13H,5-6H2,1-4H3,(H,12,14). The molecule has 0 radical (unpaired) electrons. The third-order valence-corrected chi connectivity index (χ3v) is 4.58. The summed E-state index contributed by atoms with van der Waals surface area (Å²) in [5.74, 6) is 1.47. The molecule has 0 fully saturated rings. The van der Waals surface area contributed by atoms with Gasteiger partial charge in [0, 0.05) is 19.8 Å². The lowest BCUT2D eigenvalue weighted by atomic mass is 9.98. The zero-order valence-electron chi connectivity index (χ0n) is 11.2. The van der Waals surface area contributed by atoms with Crippen LogP contribution in [0.15, 0.2) is 4.90 Å². The highest BCUT2D eigenvalue weighted by Crippen LogP contribution is 2.37. The molecule has 1 aromatic heterocycles. The molecule has 0 bridgehead atoms. The van der Waals surface area contributed by atoms with Crippen molar-refractivity contribution in [2.75, 3.05) is 30.5 Å². The molecule has 0 spiro atoms. The fourth-order valence-electron chi connectivity index (χ4n) is 2.55. The summed E-state index contributed by atoms with van der Waals surface area (Å²) in [5.41, 5.74) is 0. The quantitative estimate of drug-likeness (QED) is 0.868. The third kappa shape index (κ3) is 1.96. The van der Waals surface area contributed by atoms with Crippen molar-refractivity contribution in [3.8, 4) is 0 Å². The SMILES string of the molecule is CCC1C(C)CNc2c(S(C)(=O)=O)c(NC)nn21. The Balaban J connectivity index is 2.65. The molecule has 6 nitrogen and oxygen atoms in total. The molecule has 2 atom stereocenters. The fraction of sp³-hybridized carbons (Fsp3) is 0.727. The fourth-order valence-corrected chi connectivity index (χ4v) is 3.56. The van der Waals surface area contributed by atoms with E-state index in [1.807, 2.05) is 4.68 Å². The highest BCUT2D eigenvalue weighted by atomic mass is 32.2. The van der Waals surface area contributed by atoms with E-state index in [0.717, 1.165) is 13.0 Å². The zero-order valence-corrected chi connectivity index (χ0v) is 12.0. The lowest BCUT2D eigenvalue weighted by Gasteiger charge is -2.30. The van der Waals surface area contributed by atoms with Gasteiger partial charge in [0.25, 0.3) is 0 Å². The van der Waals surface area contributed by atoms with Gasteiger partial charge in [-0.05, 0) is 12.3 Å². The van der Waals surface area contributed by atoms with Gasteiger partial charge in [0.2, 0.25) is 0 Å². The number of rotatable bonds is 3. The first kappa shape index (κ1) is 13.2. The van der Waals surface area contributed by atoms with Crippen molar-refractivity contribution >= 4 is 21.5 Å². The maximum absolute atomic E-state index is 11.9. The van der Waals surface area contributed by atoms with Crippen molar-refractivity contribution < 1.29 is 8.42 Å². The topological polar surface area (TPSA) is 76.0 Å². The minimum Gasteiger partial charge on any atom is -0.371 e. The first-order chi connectivity index (χ1) is 8.40. The number of sulfone groups is 1. The second-order valence-electron chi connectivity index (χ2n) is 4.83. The van der Waals surface area contributed by atoms with Gasteiger partial charge in [-0.15, -0.1) is 0 Å². The molecular formula is C11H20N4O2S. The molecule has 102 valence electrons. The number of nitrogens with one attached hydrogen (secondary N) is 2. The molecule has 2 N–H and O–H groups in total. The monoisotopic (exact) mass is 272 g/mol. The summed E-state index contributed by atoms with van der Waals surface area (Å²) in [6.07, 6.45) is 2.15. The molecule has 1 aliphatic rings. The largest absolute Gasteiger partial charge is 0.371 e. The van der Waals surface area contributed by atoms with Crippen LogP contribution < -0.4 is 10.6 Å². The van der Waals surface area contributed by atoms with E-state index < -0.39 is 9.84 Å². The Morgan fingerprint density at radius 1 is 1.56 bits per heavy atom. The third-order valence-electron chi connectivity index (χ3n) is 3.46. The van der Waals surface area contributed by atoms with E-state index in [0.29, 0.717) is 17.6 Å². The van der Waals surface area contributed by atoms with Gasteiger partial charge in [-0.3, -0.25) is 0 Å². The molecule has 18 heavy (non-hydrogen) atoms. The van der Waals surface area contributed by atoms with E-state index in [9.17, 15) is 8.42 Å². The van der Waals surface area contributed by atoms with Gasteiger partial charge in [0.05, 0.1) is 6.04 Å². The zero-order chi connectivity index (χ0) is 13.5. The van der Waals surface area contributed by atoms with Crippen LogP contribution in [0, 0.1) is 5.92 Å². The van der Waals surface area contributed by atoms with Crippen LogP contribution in [0.4, 0.5) is 11.6 Å². The summed E-state index contributed by atoms with van der Waals surface area (Å²) in [5, 5.41) is 10.5. The smallest absolute Gasteiger partial charge is 0.182 e. The van der Waals surface area contributed by atoms with E-state index in [1.165, 1.54) is 6.26 Å². The van der Waals surface area contributed by atoms with Crippen molar-refractivity contribution in [3.63, 3.8) is 0 Å². The second-order valence-corrected chi connectivity index (χ2v) is 6.78. The molecule has 7 heteroatoms. The number of fused-ring (bicyclic) bond motifs is 1. The Morgan fingerprint density at radius 2 is 2.22 bits per heavy atom. The van der Waals surface area contributed by atoms with E-state index in [1.54, 1.807) is 7.05 Å². The van der Waals surface area contributed by atoms with Gasteiger partial charge < -0.3 is 10.6 Å². The van der Waals surface area contributed by atoms with Crippen LogP contribution >= 0.6 is 0 Å². The predicted molar refractivity (Wildman–Crippen MR) is 71.9 cm³/mol. The Morgan fingerprint density at radius 3 is 2.72 bits per heavy atom. The van der Waals surface area contributed by atoms with Gasteiger partial charge in [-0.25, -0.2) is 13.1 Å². The Kier molecular flexibility index (Phi) is 3.27. The Bertz CT molecular complexity index is 550. The maximum Gasteiger partial charge on any atom is 0.182 e. The van der Waals surface area contributed by atoms with E-state index in [-0.39, 0.29) is 10.9 Å². The minimum absolute atomic E-state index is 0.240. The van der Waals surface area contributed by atoms with Crippen molar-refractivity contribution in [3.05, 3.63) is 0 Å². The molecule has 0 saturated heterocycles. The highest BCUT2D eigenvalue weighted by molar-refractivity contribution is 7.91. The van der Waals surface area contributed by atoms with Crippen molar-refractivity contribution in [2.24, 2.45) is 5.92 Å². The van der Waals surface area contributed by atoms with Crippen molar-refractivity contribution in [1.82, 2.24) is 9.78 Å². The van der Waals surface area contributed by atoms with E-state index in [4.69, 9.17) is 0 Å². The Hall–Kier alpha value is -1.24. The summed E-state index contributed by atoms with van der Waals surface area (Å²) in [6.45, 7) is 5.01. The van der Waals surface area contributed by atoms with E-state index in [2.05, 4.69) is 29.6 Å². The van der Waals surface area contributed by atoms with Crippen LogP contribution in [0.3, 0.4) is 0 Å². The van der Waals surface area contributed by atoms with Crippen LogP contribution in [0.5, 0.6) is 0 Å². The van der Waals surface area contributed by atoms with Gasteiger partial charge in [-0.2, -0.15) is 5.10 Å². The first-order valence-corrected chi connectivity index (χ1v) is 8.03. The minimum atomic E-state index is -3.30. The summed E-state index contributed by atoms with van der Waals surface area (Å²) in [4.78, 5) is 0.273. The van der Waals surface area contributed by atoms with Gasteiger partial charge in [0.15, 0.2) is 20.6 Å². The molecule has 2 rings (SSSR count). The molecule has 1 aromatic rings. The number of aromatic nitrogens is 2. The number of hydrogen-bond donors (Lipinski definition) is 2. The predicted octanol–water partition coefficient (Wildman–Crippen LogP) is 1.34. The lowest BCUT2D eigenvalue weighted by molar-refractivity contribution is 0.313. The summed E-state index contributed by atoms with van der Waals surface area (Å²) in [7, 11) is -1.61. The second kappa shape index (κ2) is 4.46. The Labute approximate surface area is 108 Å². The molecule has 2 unspecified atom stereocenters.